The van der Waals surface area contributed by atoms with Crippen LogP contribution in [0.2, 0.25) is 0 Å². The number of hydrogen-bond acceptors (Lipinski definition) is 3. The third-order valence-corrected chi connectivity index (χ3v) is 9.17. The Morgan fingerprint density at radius 2 is 2.00 bits per heavy atom. The van der Waals surface area contributed by atoms with Gasteiger partial charge < -0.3 is 4.84 Å². The molecule has 4 aliphatic rings. The van der Waals surface area contributed by atoms with E-state index in [4.69, 9.17) is 4.84 Å². The summed E-state index contributed by atoms with van der Waals surface area (Å²) in [6.45, 7) is 7.82. The first kappa shape index (κ1) is 19.7. The first-order valence-corrected chi connectivity index (χ1v) is 12.0. The Bertz CT molecular complexity index is 671. The van der Waals surface area contributed by atoms with Gasteiger partial charge in [0.15, 0.2) is 5.78 Å². The zero-order valence-electron chi connectivity index (χ0n) is 17.1. The van der Waals surface area contributed by atoms with Crippen LogP contribution in [-0.4, -0.2) is 23.4 Å². The van der Waals surface area contributed by atoms with Crippen LogP contribution in [-0.2, 0) is 9.63 Å². The van der Waals surface area contributed by atoms with Gasteiger partial charge in [-0.1, -0.05) is 40.5 Å². The molecule has 0 bridgehead atoms. The Labute approximate surface area is 172 Å². The topological polar surface area (TPSA) is 38.7 Å². The number of rotatable bonds is 4. The Morgan fingerprint density at radius 3 is 2.78 bits per heavy atom. The zero-order valence-corrected chi connectivity index (χ0v) is 18.7. The summed E-state index contributed by atoms with van der Waals surface area (Å²) in [5, 5.41) is 5.29. The zero-order chi connectivity index (χ0) is 19.2. The molecule has 0 aromatic carbocycles. The van der Waals surface area contributed by atoms with Gasteiger partial charge >= 0.3 is 0 Å². The molecule has 150 valence electrons. The lowest BCUT2D eigenvalue weighted by Crippen LogP contribution is -2.51. The van der Waals surface area contributed by atoms with E-state index in [-0.39, 0.29) is 5.41 Å². The molecule has 0 saturated heterocycles. The van der Waals surface area contributed by atoms with E-state index in [1.807, 2.05) is 6.08 Å². The summed E-state index contributed by atoms with van der Waals surface area (Å²) >= 11 is 3.40. The lowest BCUT2D eigenvalue weighted by molar-refractivity contribution is -0.117. The second-order valence-corrected chi connectivity index (χ2v) is 10.7. The Balaban J connectivity index is 1.56. The number of oxime groups is 1. The van der Waals surface area contributed by atoms with E-state index in [1.54, 1.807) is 0 Å². The van der Waals surface area contributed by atoms with E-state index in [9.17, 15) is 4.79 Å². The molecule has 0 N–H and O–H groups in total. The number of carbonyl (C=O) groups is 1. The fourth-order valence-corrected chi connectivity index (χ4v) is 7.64. The highest BCUT2D eigenvalue weighted by Crippen LogP contribution is 2.66. The number of nitrogens with zero attached hydrogens (tertiary/aromatic N) is 1. The number of halogens is 1. The van der Waals surface area contributed by atoms with Crippen molar-refractivity contribution < 1.29 is 9.63 Å². The summed E-state index contributed by atoms with van der Waals surface area (Å²) < 4.78 is 0. The third kappa shape index (κ3) is 3.14. The van der Waals surface area contributed by atoms with Crippen molar-refractivity contribution in [3.05, 3.63) is 11.6 Å². The summed E-state index contributed by atoms with van der Waals surface area (Å²) in [5.41, 5.74) is 3.32. The maximum atomic E-state index is 12.0. The molecule has 0 unspecified atom stereocenters. The number of allylic oxidation sites excluding steroid dienone is 1. The summed E-state index contributed by atoms with van der Waals surface area (Å²) in [5.74, 6) is 3.32. The molecule has 0 heterocycles. The van der Waals surface area contributed by atoms with Crippen molar-refractivity contribution in [3.8, 4) is 0 Å². The van der Waals surface area contributed by atoms with Gasteiger partial charge in [-0.05, 0) is 86.5 Å². The highest BCUT2D eigenvalue weighted by molar-refractivity contribution is 9.09. The summed E-state index contributed by atoms with van der Waals surface area (Å²) in [7, 11) is 0. The summed E-state index contributed by atoms with van der Waals surface area (Å²) in [6.07, 6.45) is 11.5. The van der Waals surface area contributed by atoms with Crippen LogP contribution >= 0.6 is 15.9 Å². The average molecular weight is 436 g/mol. The molecule has 3 fully saturated rings. The van der Waals surface area contributed by atoms with Crippen molar-refractivity contribution in [2.45, 2.75) is 72.1 Å². The van der Waals surface area contributed by atoms with Crippen molar-refractivity contribution >= 4 is 27.4 Å². The lowest BCUT2D eigenvalue weighted by Gasteiger charge is -2.58. The normalized spacial score (nSPS) is 44.2. The minimum atomic E-state index is 0.276. The Hall–Kier alpha value is -0.640. The maximum absolute atomic E-state index is 12.0. The highest BCUT2D eigenvalue weighted by atomic mass is 79.9. The first-order valence-electron chi connectivity index (χ1n) is 10.9. The van der Waals surface area contributed by atoms with Gasteiger partial charge in [-0.25, -0.2) is 0 Å². The molecule has 3 saturated carbocycles. The van der Waals surface area contributed by atoms with E-state index >= 15 is 0 Å². The molecule has 4 heteroatoms. The average Bonchev–Trinajstić information content (AvgIpc) is 3.00. The predicted octanol–water partition coefficient (Wildman–Crippen LogP) is 5.92. The quantitative estimate of drug-likeness (QED) is 0.237. The van der Waals surface area contributed by atoms with Crippen LogP contribution < -0.4 is 0 Å². The molecule has 0 radical (unpaired) electrons. The number of carbonyl (C=O) groups excluding carboxylic acids is 1. The van der Waals surface area contributed by atoms with Gasteiger partial charge in [0.2, 0.25) is 0 Å². The molecular formula is C23H34BrNO2. The van der Waals surface area contributed by atoms with E-state index in [2.05, 4.69) is 41.9 Å². The molecule has 27 heavy (non-hydrogen) atoms. The minimum absolute atomic E-state index is 0.276. The standard InChI is InChI=1S/C23H34BrNO2/c1-15(25-27-13-12-24)19-6-7-20-18-5-4-16-14-17(26)8-10-22(16,2)21(18)9-11-23(19,20)3/h14,18-21H,4-13H2,1-3H3/t18-,19+,20-,21-,22-,23+/m0/s1. The fraction of sp³-hybridized carbons (Fsp3) is 0.826. The van der Waals surface area contributed by atoms with Crippen molar-refractivity contribution in [2.24, 2.45) is 39.7 Å². The minimum Gasteiger partial charge on any atom is -0.395 e. The SMILES string of the molecule is CC(=NOCCBr)[C@H]1CC[C@H]2[C@@H]3CCC4=CC(=O)CC[C@]4(C)[C@H]3CC[C@]12C. The smallest absolute Gasteiger partial charge is 0.155 e. The predicted molar refractivity (Wildman–Crippen MR) is 113 cm³/mol. The Kier molecular flexibility index (Phi) is 5.33. The second kappa shape index (κ2) is 7.31. The second-order valence-electron chi connectivity index (χ2n) is 9.90. The molecule has 3 nitrogen and oxygen atoms in total. The highest BCUT2D eigenvalue weighted by Gasteiger charge is 2.59. The van der Waals surface area contributed by atoms with Gasteiger partial charge in [0.1, 0.15) is 6.61 Å². The van der Waals surface area contributed by atoms with Crippen LogP contribution in [0.4, 0.5) is 0 Å². The van der Waals surface area contributed by atoms with Gasteiger partial charge in [0.25, 0.3) is 0 Å². The van der Waals surface area contributed by atoms with Crippen molar-refractivity contribution in [1.82, 2.24) is 0 Å². The third-order valence-electron chi connectivity index (χ3n) is 8.84. The number of fused-ring (bicyclic) bond motifs is 5. The van der Waals surface area contributed by atoms with Gasteiger partial charge in [-0.3, -0.25) is 4.79 Å². The molecule has 0 aromatic heterocycles. The monoisotopic (exact) mass is 435 g/mol. The molecular weight excluding hydrogens is 402 g/mol. The molecule has 6 atom stereocenters. The summed E-state index contributed by atoms with van der Waals surface area (Å²) in [6, 6.07) is 0. The van der Waals surface area contributed by atoms with Crippen LogP contribution in [0.1, 0.15) is 72.1 Å². The number of ketones is 1. The van der Waals surface area contributed by atoms with Crippen LogP contribution in [0.15, 0.2) is 16.8 Å². The van der Waals surface area contributed by atoms with Gasteiger partial charge in [-0.15, -0.1) is 0 Å². The fourth-order valence-electron chi connectivity index (χ4n) is 7.49. The van der Waals surface area contributed by atoms with Crippen LogP contribution in [0.25, 0.3) is 0 Å². The summed E-state index contributed by atoms with van der Waals surface area (Å²) in [4.78, 5) is 17.5. The van der Waals surface area contributed by atoms with E-state index in [1.165, 1.54) is 43.4 Å². The van der Waals surface area contributed by atoms with Gasteiger partial charge in [-0.2, -0.15) is 0 Å². The molecule has 4 rings (SSSR count). The lowest BCUT2D eigenvalue weighted by atomic mass is 9.46. The van der Waals surface area contributed by atoms with Crippen molar-refractivity contribution in [1.29, 1.82) is 0 Å². The maximum Gasteiger partial charge on any atom is 0.155 e. The van der Waals surface area contributed by atoms with E-state index < -0.39 is 0 Å². The molecule has 0 spiro atoms. The van der Waals surface area contributed by atoms with Crippen LogP contribution in [0.5, 0.6) is 0 Å². The van der Waals surface area contributed by atoms with Crippen molar-refractivity contribution in [3.63, 3.8) is 0 Å². The van der Waals surface area contributed by atoms with Crippen molar-refractivity contribution in [2.75, 3.05) is 11.9 Å². The van der Waals surface area contributed by atoms with Gasteiger partial charge in [0.05, 0.1) is 5.71 Å². The number of alkyl halides is 1. The largest absolute Gasteiger partial charge is 0.395 e. The van der Waals surface area contributed by atoms with E-state index in [0.29, 0.717) is 23.7 Å². The molecule has 0 amide bonds. The van der Waals surface area contributed by atoms with Crippen LogP contribution in [0.3, 0.4) is 0 Å². The molecule has 4 aliphatic carbocycles. The van der Waals surface area contributed by atoms with Gasteiger partial charge in [0, 0.05) is 17.7 Å². The Morgan fingerprint density at radius 1 is 1.19 bits per heavy atom. The van der Waals surface area contributed by atoms with Crippen LogP contribution in [0, 0.1) is 34.5 Å². The molecule has 0 aliphatic heterocycles. The number of hydrogen-bond donors (Lipinski definition) is 0. The molecule has 0 aromatic rings. The first-order chi connectivity index (χ1) is 12.9. The van der Waals surface area contributed by atoms with E-state index in [0.717, 1.165) is 42.3 Å².